The van der Waals surface area contributed by atoms with E-state index in [0.717, 1.165) is 0 Å². The smallest absolute Gasteiger partial charge is 0.219 e. The van der Waals surface area contributed by atoms with Crippen LogP contribution in [0.5, 0.6) is 0 Å². The Morgan fingerprint density at radius 2 is 1.83 bits per heavy atom. The van der Waals surface area contributed by atoms with E-state index in [0.29, 0.717) is 0 Å². The van der Waals surface area contributed by atoms with Crippen LogP contribution in [0.1, 0.15) is 0 Å². The Labute approximate surface area is 68.6 Å². The van der Waals surface area contributed by atoms with Crippen molar-refractivity contribution < 1.29 is 30.3 Å². The molecule has 4 atom stereocenters. The molecule has 1 heterocycles. The van der Waals surface area contributed by atoms with Gasteiger partial charge in [0.15, 0.2) is 0 Å². The number of ether oxygens (including phenoxy) is 1. The number of aliphatic hydroxyl groups is 5. The lowest BCUT2D eigenvalue weighted by molar-refractivity contribution is -0.248. The molecule has 0 aromatic heterocycles. The third-order valence-corrected chi connectivity index (χ3v) is 1.93. The van der Waals surface area contributed by atoms with Crippen LogP contribution in [0.2, 0.25) is 0 Å². The van der Waals surface area contributed by atoms with Gasteiger partial charge in [0.1, 0.15) is 18.3 Å². The molecule has 1 fully saturated rings. The van der Waals surface area contributed by atoms with Crippen molar-refractivity contribution in [3.63, 3.8) is 0 Å². The Balaban J connectivity index is 2.72. The highest BCUT2D eigenvalue weighted by molar-refractivity contribution is 4.94. The lowest BCUT2D eigenvalue weighted by atomic mass is 10.1. The fraction of sp³-hybridized carbons (Fsp3) is 1.00. The van der Waals surface area contributed by atoms with Gasteiger partial charge in [0.25, 0.3) is 0 Å². The zero-order chi connectivity index (χ0) is 9.35. The summed E-state index contributed by atoms with van der Waals surface area (Å²) < 4.78 is 4.63. The third-order valence-electron chi connectivity index (χ3n) is 1.93. The van der Waals surface area contributed by atoms with Crippen LogP contribution in [0.3, 0.4) is 0 Å². The molecular weight excluding hydrogens is 168 g/mol. The SMILES string of the molecule is OC[C@@H]1O[C@@](O)(CO)[C@@H](O)[C@H]1O. The predicted molar refractivity (Wildman–Crippen MR) is 36.0 cm³/mol. The maximum Gasteiger partial charge on any atom is 0.219 e. The van der Waals surface area contributed by atoms with Gasteiger partial charge in [-0.2, -0.15) is 0 Å². The maximum atomic E-state index is 9.25. The van der Waals surface area contributed by atoms with Gasteiger partial charge in [0.2, 0.25) is 5.79 Å². The molecule has 0 bridgehead atoms. The third kappa shape index (κ3) is 1.33. The van der Waals surface area contributed by atoms with E-state index in [1.807, 2.05) is 0 Å². The minimum Gasteiger partial charge on any atom is -0.394 e. The van der Waals surface area contributed by atoms with E-state index in [1.54, 1.807) is 0 Å². The van der Waals surface area contributed by atoms with E-state index < -0.39 is 37.3 Å². The molecular formula is C6H12O6. The summed E-state index contributed by atoms with van der Waals surface area (Å²) in [7, 11) is 0. The van der Waals surface area contributed by atoms with Gasteiger partial charge in [0, 0.05) is 0 Å². The van der Waals surface area contributed by atoms with Gasteiger partial charge in [-0.15, -0.1) is 0 Å². The molecule has 5 N–H and O–H groups in total. The Morgan fingerprint density at radius 3 is 2.08 bits per heavy atom. The normalized spacial score (nSPS) is 48.2. The Kier molecular flexibility index (Phi) is 2.67. The number of aliphatic hydroxyl groups excluding tert-OH is 4. The van der Waals surface area contributed by atoms with Crippen LogP contribution < -0.4 is 0 Å². The zero-order valence-corrected chi connectivity index (χ0v) is 6.29. The summed E-state index contributed by atoms with van der Waals surface area (Å²) in [5.41, 5.74) is 0. The van der Waals surface area contributed by atoms with Gasteiger partial charge in [0.05, 0.1) is 13.2 Å². The summed E-state index contributed by atoms with van der Waals surface area (Å²) in [6.07, 6.45) is -4.04. The fourth-order valence-electron chi connectivity index (χ4n) is 1.15. The Morgan fingerprint density at radius 1 is 1.25 bits per heavy atom. The highest BCUT2D eigenvalue weighted by Gasteiger charge is 2.52. The first kappa shape index (κ1) is 9.85. The zero-order valence-electron chi connectivity index (χ0n) is 6.29. The van der Waals surface area contributed by atoms with Gasteiger partial charge < -0.3 is 30.3 Å². The summed E-state index contributed by atoms with van der Waals surface area (Å²) in [5.74, 6) is -2.16. The molecule has 0 amide bonds. The van der Waals surface area contributed by atoms with E-state index in [9.17, 15) is 5.11 Å². The molecule has 1 saturated heterocycles. The number of rotatable bonds is 2. The monoisotopic (exact) mass is 180 g/mol. The second-order valence-electron chi connectivity index (χ2n) is 2.78. The van der Waals surface area contributed by atoms with Gasteiger partial charge in [-0.25, -0.2) is 0 Å². The largest absolute Gasteiger partial charge is 0.394 e. The summed E-state index contributed by atoms with van der Waals surface area (Å²) >= 11 is 0. The molecule has 0 aliphatic carbocycles. The topological polar surface area (TPSA) is 110 Å². The van der Waals surface area contributed by atoms with E-state index in [1.165, 1.54) is 0 Å². The lowest BCUT2D eigenvalue weighted by Crippen LogP contribution is -2.46. The van der Waals surface area contributed by atoms with Crippen LogP contribution >= 0.6 is 0 Å². The standard InChI is InChI=1S/C6H12O6/c7-1-3-4(9)5(10)6(11,2-8)12-3/h3-5,7-11H,1-2H2/t3-,4-,5-,6-/m0/s1. The first-order valence-electron chi connectivity index (χ1n) is 3.53. The van der Waals surface area contributed by atoms with Crippen molar-refractivity contribution >= 4 is 0 Å². The molecule has 0 aromatic rings. The molecule has 0 aromatic carbocycles. The van der Waals surface area contributed by atoms with E-state index >= 15 is 0 Å². The second-order valence-corrected chi connectivity index (χ2v) is 2.78. The second kappa shape index (κ2) is 3.25. The summed E-state index contributed by atoms with van der Waals surface area (Å²) in [6, 6.07) is 0. The summed E-state index contributed by atoms with van der Waals surface area (Å²) in [4.78, 5) is 0. The van der Waals surface area contributed by atoms with Crippen molar-refractivity contribution in [2.24, 2.45) is 0 Å². The van der Waals surface area contributed by atoms with Gasteiger partial charge in [-0.05, 0) is 0 Å². The Bertz CT molecular complexity index is 162. The van der Waals surface area contributed by atoms with Crippen LogP contribution in [0, 0.1) is 0 Å². The number of hydrogen-bond donors (Lipinski definition) is 5. The number of hydrogen-bond acceptors (Lipinski definition) is 6. The molecule has 6 nitrogen and oxygen atoms in total. The molecule has 0 unspecified atom stereocenters. The van der Waals surface area contributed by atoms with Crippen molar-refractivity contribution in [1.82, 2.24) is 0 Å². The molecule has 0 saturated carbocycles. The van der Waals surface area contributed by atoms with Gasteiger partial charge in [-0.1, -0.05) is 0 Å². The first-order valence-corrected chi connectivity index (χ1v) is 3.53. The van der Waals surface area contributed by atoms with Gasteiger partial charge >= 0.3 is 0 Å². The van der Waals surface area contributed by atoms with E-state index in [2.05, 4.69) is 4.74 Å². The van der Waals surface area contributed by atoms with Crippen molar-refractivity contribution in [3.05, 3.63) is 0 Å². The van der Waals surface area contributed by atoms with E-state index in [4.69, 9.17) is 20.4 Å². The van der Waals surface area contributed by atoms with Crippen molar-refractivity contribution in [1.29, 1.82) is 0 Å². The van der Waals surface area contributed by atoms with Crippen LogP contribution in [-0.4, -0.2) is 62.8 Å². The summed E-state index contributed by atoms with van der Waals surface area (Å²) in [5, 5.41) is 44.7. The molecule has 0 radical (unpaired) electrons. The molecule has 6 heteroatoms. The average Bonchev–Trinajstić information content (AvgIpc) is 2.31. The molecule has 0 spiro atoms. The van der Waals surface area contributed by atoms with Crippen molar-refractivity contribution in [2.45, 2.75) is 24.1 Å². The summed E-state index contributed by atoms with van der Waals surface area (Å²) in [6.45, 7) is -1.36. The molecule has 12 heavy (non-hydrogen) atoms. The van der Waals surface area contributed by atoms with Crippen molar-refractivity contribution in [2.75, 3.05) is 13.2 Å². The quantitative estimate of drug-likeness (QED) is 0.306. The highest BCUT2D eigenvalue weighted by Crippen LogP contribution is 2.28. The Hall–Kier alpha value is -0.240. The minimum absolute atomic E-state index is 0.527. The van der Waals surface area contributed by atoms with Crippen LogP contribution in [-0.2, 0) is 4.74 Å². The predicted octanol–water partition coefficient (Wildman–Crippen LogP) is -3.22. The van der Waals surface area contributed by atoms with Gasteiger partial charge in [-0.3, -0.25) is 0 Å². The molecule has 1 rings (SSSR count). The molecule has 1 aliphatic heterocycles. The van der Waals surface area contributed by atoms with E-state index in [-0.39, 0.29) is 0 Å². The van der Waals surface area contributed by atoms with Crippen LogP contribution in [0.15, 0.2) is 0 Å². The fourth-order valence-corrected chi connectivity index (χ4v) is 1.15. The molecule has 72 valence electrons. The van der Waals surface area contributed by atoms with Crippen LogP contribution in [0.25, 0.3) is 0 Å². The maximum absolute atomic E-state index is 9.25. The van der Waals surface area contributed by atoms with Crippen molar-refractivity contribution in [3.8, 4) is 0 Å². The lowest BCUT2D eigenvalue weighted by Gasteiger charge is -2.22. The minimum atomic E-state index is -2.16. The molecule has 1 aliphatic rings. The first-order chi connectivity index (χ1) is 5.55. The highest BCUT2D eigenvalue weighted by atomic mass is 16.7. The average molecular weight is 180 g/mol. The van der Waals surface area contributed by atoms with Crippen LogP contribution in [0.4, 0.5) is 0 Å².